The van der Waals surface area contributed by atoms with Crippen molar-refractivity contribution in [1.29, 1.82) is 0 Å². The van der Waals surface area contributed by atoms with Crippen molar-refractivity contribution in [2.45, 2.75) is 13.3 Å². The maximum absolute atomic E-state index is 11.5. The third-order valence-electron chi connectivity index (χ3n) is 4.45. The number of halogens is 2. The summed E-state index contributed by atoms with van der Waals surface area (Å²) in [4.78, 5) is 22.4. The second kappa shape index (κ2) is 13.0. The van der Waals surface area contributed by atoms with Gasteiger partial charge < -0.3 is 19.3 Å². The minimum atomic E-state index is -0.460. The summed E-state index contributed by atoms with van der Waals surface area (Å²) in [7, 11) is 2.66. The number of benzene rings is 3. The van der Waals surface area contributed by atoms with E-state index in [1.54, 1.807) is 30.3 Å². The fourth-order valence-corrected chi connectivity index (χ4v) is 3.37. The van der Waals surface area contributed by atoms with Gasteiger partial charge in [-0.2, -0.15) is 0 Å². The van der Waals surface area contributed by atoms with Gasteiger partial charge in [0.2, 0.25) is 0 Å². The Bertz CT molecular complexity index is 1110. The number of phenols is 1. The van der Waals surface area contributed by atoms with Crippen molar-refractivity contribution in [3.8, 4) is 11.5 Å². The normalized spacial score (nSPS) is 9.97. The molecule has 0 saturated heterocycles. The minimum absolute atomic E-state index is 0.0258. The van der Waals surface area contributed by atoms with Gasteiger partial charge in [0.15, 0.2) is 0 Å². The number of hydrogen-bond acceptors (Lipinski definition) is 6. The molecule has 3 aromatic carbocycles. The number of aryl methyl sites for hydroxylation is 1. The van der Waals surface area contributed by atoms with Gasteiger partial charge in [0, 0.05) is 6.42 Å². The van der Waals surface area contributed by atoms with Crippen LogP contribution in [0.2, 0.25) is 0 Å². The van der Waals surface area contributed by atoms with Crippen LogP contribution in [0.3, 0.4) is 0 Å². The minimum Gasteiger partial charge on any atom is -0.507 e. The Kier molecular flexibility index (Phi) is 10.4. The van der Waals surface area contributed by atoms with E-state index in [0.29, 0.717) is 28.0 Å². The fourth-order valence-electron chi connectivity index (χ4n) is 2.76. The van der Waals surface area contributed by atoms with Crippen LogP contribution in [0.4, 0.5) is 0 Å². The molecule has 33 heavy (non-hydrogen) atoms. The molecule has 0 unspecified atom stereocenters. The molecule has 0 saturated carbocycles. The Morgan fingerprint density at radius 2 is 1.45 bits per heavy atom. The molecule has 8 heteroatoms. The first-order valence-electron chi connectivity index (χ1n) is 9.88. The van der Waals surface area contributed by atoms with Crippen molar-refractivity contribution < 1.29 is 28.9 Å². The number of rotatable bonds is 6. The fraction of sp³-hybridized carbons (Fsp3) is 0.200. The van der Waals surface area contributed by atoms with Crippen molar-refractivity contribution in [3.63, 3.8) is 0 Å². The van der Waals surface area contributed by atoms with E-state index in [-0.39, 0.29) is 11.7 Å². The van der Waals surface area contributed by atoms with Crippen LogP contribution < -0.4 is 4.74 Å². The summed E-state index contributed by atoms with van der Waals surface area (Å²) in [6.07, 6.45) is 0.816. The highest BCUT2D eigenvalue weighted by molar-refractivity contribution is 9.10. The summed E-state index contributed by atoms with van der Waals surface area (Å²) in [5.41, 5.74) is 3.28. The molecular formula is C25H24Br2O6. The van der Waals surface area contributed by atoms with Crippen molar-refractivity contribution in [2.24, 2.45) is 0 Å². The van der Waals surface area contributed by atoms with Crippen LogP contribution in [0.5, 0.6) is 11.5 Å². The molecule has 0 aromatic heterocycles. The lowest BCUT2D eigenvalue weighted by molar-refractivity contribution is 0.0591. The van der Waals surface area contributed by atoms with Gasteiger partial charge >= 0.3 is 11.9 Å². The molecule has 0 bridgehead atoms. The molecule has 174 valence electrons. The summed E-state index contributed by atoms with van der Waals surface area (Å²) >= 11 is 6.52. The molecule has 1 N–H and O–H groups in total. The Morgan fingerprint density at radius 3 is 2.03 bits per heavy atom. The topological polar surface area (TPSA) is 82.1 Å². The SMILES string of the molecule is COC(=O)c1ccc(Br)c(O)c1.COC(=O)c1ccc(Br)c(OCCc2cccc(C)c2)c1. The third kappa shape index (κ3) is 8.22. The van der Waals surface area contributed by atoms with E-state index in [1.165, 1.54) is 31.4 Å². The highest BCUT2D eigenvalue weighted by Crippen LogP contribution is 2.27. The maximum Gasteiger partial charge on any atom is 0.337 e. The van der Waals surface area contributed by atoms with Gasteiger partial charge in [0.25, 0.3) is 0 Å². The quantitative estimate of drug-likeness (QED) is 0.355. The smallest absolute Gasteiger partial charge is 0.337 e. The molecule has 0 spiro atoms. The van der Waals surface area contributed by atoms with Gasteiger partial charge in [-0.1, -0.05) is 29.8 Å². The third-order valence-corrected chi connectivity index (χ3v) is 5.78. The summed E-state index contributed by atoms with van der Waals surface area (Å²) < 4.78 is 16.3. The zero-order valence-electron chi connectivity index (χ0n) is 18.4. The summed E-state index contributed by atoms with van der Waals surface area (Å²) in [5, 5.41) is 9.19. The first-order valence-corrected chi connectivity index (χ1v) is 11.5. The lowest BCUT2D eigenvalue weighted by Crippen LogP contribution is -2.05. The number of esters is 2. The largest absolute Gasteiger partial charge is 0.507 e. The van der Waals surface area contributed by atoms with E-state index in [9.17, 15) is 14.7 Å². The molecule has 0 amide bonds. The van der Waals surface area contributed by atoms with Gasteiger partial charge in [0.1, 0.15) is 11.5 Å². The molecule has 0 aliphatic carbocycles. The summed E-state index contributed by atoms with van der Waals surface area (Å²) in [6.45, 7) is 2.62. The van der Waals surface area contributed by atoms with Crippen molar-refractivity contribution in [2.75, 3.05) is 20.8 Å². The highest BCUT2D eigenvalue weighted by atomic mass is 79.9. The van der Waals surface area contributed by atoms with Gasteiger partial charge in [-0.25, -0.2) is 9.59 Å². The molecule has 0 aliphatic heterocycles. The molecule has 0 aliphatic rings. The van der Waals surface area contributed by atoms with E-state index < -0.39 is 5.97 Å². The van der Waals surface area contributed by atoms with Crippen LogP contribution in [0.1, 0.15) is 31.8 Å². The van der Waals surface area contributed by atoms with E-state index >= 15 is 0 Å². The molecule has 0 fully saturated rings. The monoisotopic (exact) mass is 578 g/mol. The molecule has 3 aromatic rings. The molecule has 6 nitrogen and oxygen atoms in total. The van der Waals surface area contributed by atoms with Crippen LogP contribution >= 0.6 is 31.9 Å². The van der Waals surface area contributed by atoms with E-state index in [0.717, 1.165) is 10.9 Å². The second-order valence-electron chi connectivity index (χ2n) is 6.88. The standard InChI is InChI=1S/C17H17BrO3.C8H7BrO3/c1-12-4-3-5-13(10-12)8-9-21-16-11-14(17(19)20-2)6-7-15(16)18;1-12-8(11)5-2-3-6(9)7(10)4-5/h3-7,10-11H,8-9H2,1-2H3;2-4,10H,1H3. The summed E-state index contributed by atoms with van der Waals surface area (Å²) in [6, 6.07) is 18.0. The van der Waals surface area contributed by atoms with Crippen molar-refractivity contribution in [3.05, 3.63) is 91.9 Å². The molecule has 3 rings (SSSR count). The zero-order valence-corrected chi connectivity index (χ0v) is 21.6. The first-order chi connectivity index (χ1) is 15.7. The first kappa shape index (κ1) is 26.4. The Morgan fingerprint density at radius 1 is 0.848 bits per heavy atom. The Balaban J connectivity index is 0.000000273. The van der Waals surface area contributed by atoms with Crippen molar-refractivity contribution >= 4 is 43.8 Å². The average molecular weight is 580 g/mol. The van der Waals surface area contributed by atoms with Crippen LogP contribution in [0.25, 0.3) is 0 Å². The Labute approximate surface area is 209 Å². The number of carbonyl (C=O) groups is 2. The predicted octanol–water partition coefficient (Wildman–Crippen LogP) is 6.11. The predicted molar refractivity (Wildman–Crippen MR) is 133 cm³/mol. The van der Waals surface area contributed by atoms with Crippen LogP contribution in [-0.2, 0) is 15.9 Å². The lowest BCUT2D eigenvalue weighted by atomic mass is 10.1. The van der Waals surface area contributed by atoms with Crippen LogP contribution in [0, 0.1) is 6.92 Å². The maximum atomic E-state index is 11.5. The number of phenolic OH excluding ortho intramolecular Hbond substituents is 1. The van der Waals surface area contributed by atoms with E-state index in [1.807, 2.05) is 6.07 Å². The van der Waals surface area contributed by atoms with Gasteiger partial charge in [-0.3, -0.25) is 0 Å². The van der Waals surface area contributed by atoms with Gasteiger partial charge in [-0.05, 0) is 80.7 Å². The van der Waals surface area contributed by atoms with Crippen molar-refractivity contribution in [1.82, 2.24) is 0 Å². The number of carbonyl (C=O) groups excluding carboxylic acids is 2. The van der Waals surface area contributed by atoms with E-state index in [4.69, 9.17) is 9.47 Å². The lowest BCUT2D eigenvalue weighted by Gasteiger charge is -2.10. The number of methoxy groups -OCH3 is 2. The summed E-state index contributed by atoms with van der Waals surface area (Å²) in [5.74, 6) is -0.160. The van der Waals surface area contributed by atoms with E-state index in [2.05, 4.69) is 61.7 Å². The molecular weight excluding hydrogens is 556 g/mol. The average Bonchev–Trinajstić information content (AvgIpc) is 2.81. The zero-order chi connectivity index (χ0) is 24.4. The number of aromatic hydroxyl groups is 1. The van der Waals surface area contributed by atoms with Gasteiger partial charge in [0.05, 0.1) is 40.9 Å². The number of ether oxygens (including phenoxy) is 3. The second-order valence-corrected chi connectivity index (χ2v) is 8.59. The highest BCUT2D eigenvalue weighted by Gasteiger charge is 2.10. The van der Waals surface area contributed by atoms with Crippen LogP contribution in [0.15, 0.2) is 69.6 Å². The van der Waals surface area contributed by atoms with Gasteiger partial charge in [-0.15, -0.1) is 0 Å². The Hall–Kier alpha value is -2.84. The van der Waals surface area contributed by atoms with Crippen LogP contribution in [-0.4, -0.2) is 37.9 Å². The molecule has 0 atom stereocenters. The number of hydrogen-bond donors (Lipinski definition) is 1. The molecule has 0 heterocycles. The molecule has 0 radical (unpaired) electrons.